The summed E-state index contributed by atoms with van der Waals surface area (Å²) in [6, 6.07) is 16.3. The van der Waals surface area contributed by atoms with Crippen LogP contribution in [0.4, 0.5) is 0 Å². The van der Waals surface area contributed by atoms with Gasteiger partial charge in [-0.15, -0.1) is 0 Å². The number of amides is 1. The third-order valence-corrected chi connectivity index (χ3v) is 2.76. The van der Waals surface area contributed by atoms with Crippen molar-refractivity contribution in [1.29, 1.82) is 0 Å². The first-order chi connectivity index (χ1) is 9.75. The van der Waals surface area contributed by atoms with E-state index < -0.39 is 0 Å². The first-order valence-corrected chi connectivity index (χ1v) is 6.38. The molecule has 0 heterocycles. The molecule has 0 unspecified atom stereocenters. The molecule has 0 fully saturated rings. The van der Waals surface area contributed by atoms with Crippen molar-refractivity contribution >= 4 is 23.7 Å². The van der Waals surface area contributed by atoms with Gasteiger partial charge in [-0.05, 0) is 18.2 Å². The zero-order valence-corrected chi connectivity index (χ0v) is 11.4. The average molecular weight is 289 g/mol. The number of nitrogens with one attached hydrogen (secondary N) is 1. The van der Waals surface area contributed by atoms with Crippen molar-refractivity contribution in [2.24, 2.45) is 5.10 Å². The van der Waals surface area contributed by atoms with Gasteiger partial charge >= 0.3 is 0 Å². The Labute approximate surface area is 122 Å². The molecule has 0 bridgehead atoms. The summed E-state index contributed by atoms with van der Waals surface area (Å²) in [6.45, 7) is -0.0934. The lowest BCUT2D eigenvalue weighted by Crippen LogP contribution is -2.24. The zero-order valence-electron chi connectivity index (χ0n) is 10.6. The highest BCUT2D eigenvalue weighted by molar-refractivity contribution is 6.33. The van der Waals surface area contributed by atoms with Gasteiger partial charge in [-0.2, -0.15) is 5.10 Å². The molecule has 2 rings (SSSR count). The Morgan fingerprint density at radius 1 is 1.15 bits per heavy atom. The van der Waals surface area contributed by atoms with Crippen molar-refractivity contribution < 1.29 is 9.53 Å². The summed E-state index contributed by atoms with van der Waals surface area (Å²) >= 11 is 5.95. The Balaban J connectivity index is 1.79. The van der Waals surface area contributed by atoms with Gasteiger partial charge in [0, 0.05) is 10.6 Å². The molecule has 102 valence electrons. The van der Waals surface area contributed by atoms with Gasteiger partial charge in [0.15, 0.2) is 6.61 Å². The molecule has 0 aliphatic rings. The van der Waals surface area contributed by atoms with Crippen molar-refractivity contribution in [1.82, 2.24) is 5.43 Å². The lowest BCUT2D eigenvalue weighted by molar-refractivity contribution is -0.123. The number of carbonyl (C=O) groups excluding carboxylic acids is 1. The summed E-state index contributed by atoms with van der Waals surface area (Å²) in [5.74, 6) is 0.301. The number of hydrogen-bond donors (Lipinski definition) is 1. The highest BCUT2D eigenvalue weighted by atomic mass is 35.5. The molecule has 2 aromatic carbocycles. The lowest BCUT2D eigenvalue weighted by atomic mass is 10.2. The first-order valence-electron chi connectivity index (χ1n) is 6.00. The molecule has 0 spiro atoms. The van der Waals surface area contributed by atoms with E-state index in [0.29, 0.717) is 10.8 Å². The Hall–Kier alpha value is -2.33. The van der Waals surface area contributed by atoms with E-state index in [9.17, 15) is 4.79 Å². The largest absolute Gasteiger partial charge is 0.484 e. The Morgan fingerprint density at radius 3 is 2.60 bits per heavy atom. The summed E-state index contributed by atoms with van der Waals surface area (Å²) in [5, 5.41) is 4.40. The number of hydrazone groups is 1. The van der Waals surface area contributed by atoms with Gasteiger partial charge in [0.1, 0.15) is 5.75 Å². The van der Waals surface area contributed by atoms with Gasteiger partial charge in [-0.1, -0.05) is 48.0 Å². The van der Waals surface area contributed by atoms with Crippen LogP contribution in [0.2, 0.25) is 5.02 Å². The minimum absolute atomic E-state index is 0.0934. The Morgan fingerprint density at radius 2 is 1.85 bits per heavy atom. The van der Waals surface area contributed by atoms with Crippen LogP contribution < -0.4 is 10.2 Å². The summed E-state index contributed by atoms with van der Waals surface area (Å²) in [7, 11) is 0. The maximum Gasteiger partial charge on any atom is 0.277 e. The van der Waals surface area contributed by atoms with Gasteiger partial charge in [0.2, 0.25) is 0 Å². The predicted octanol–water partition coefficient (Wildman–Crippen LogP) is 2.87. The van der Waals surface area contributed by atoms with E-state index in [-0.39, 0.29) is 12.5 Å². The zero-order chi connectivity index (χ0) is 14.2. The molecule has 4 nitrogen and oxygen atoms in total. The van der Waals surface area contributed by atoms with Crippen molar-refractivity contribution in [2.75, 3.05) is 6.61 Å². The van der Waals surface area contributed by atoms with E-state index in [2.05, 4.69) is 10.5 Å². The molecule has 0 radical (unpaired) electrons. The molecule has 0 aliphatic heterocycles. The maximum atomic E-state index is 11.5. The van der Waals surface area contributed by atoms with E-state index in [0.717, 1.165) is 5.56 Å². The number of hydrogen-bond acceptors (Lipinski definition) is 3. The van der Waals surface area contributed by atoms with Crippen LogP contribution in [-0.2, 0) is 4.79 Å². The molecule has 0 saturated heterocycles. The number of rotatable bonds is 5. The molecule has 0 saturated carbocycles. The van der Waals surface area contributed by atoms with Crippen molar-refractivity contribution in [3.05, 3.63) is 65.2 Å². The molecule has 0 aliphatic carbocycles. The lowest BCUT2D eigenvalue weighted by Gasteiger charge is -2.04. The van der Waals surface area contributed by atoms with Crippen LogP contribution >= 0.6 is 11.6 Å². The van der Waals surface area contributed by atoms with Crippen molar-refractivity contribution in [2.45, 2.75) is 0 Å². The molecule has 5 heteroatoms. The second-order valence-corrected chi connectivity index (χ2v) is 4.32. The minimum Gasteiger partial charge on any atom is -0.484 e. The van der Waals surface area contributed by atoms with Crippen molar-refractivity contribution in [3.63, 3.8) is 0 Å². The SMILES string of the molecule is O=C(COc1ccccc1)N/N=C/c1ccccc1Cl. The molecule has 2 aromatic rings. The second kappa shape index (κ2) is 7.31. The van der Waals surface area contributed by atoms with Crippen LogP contribution in [0.3, 0.4) is 0 Å². The quantitative estimate of drug-likeness (QED) is 0.679. The van der Waals surface area contributed by atoms with Crippen molar-refractivity contribution in [3.8, 4) is 5.75 Å². The fraction of sp³-hybridized carbons (Fsp3) is 0.0667. The third-order valence-electron chi connectivity index (χ3n) is 2.41. The van der Waals surface area contributed by atoms with E-state index in [1.54, 1.807) is 24.3 Å². The van der Waals surface area contributed by atoms with E-state index in [1.165, 1.54) is 6.21 Å². The van der Waals surface area contributed by atoms with Gasteiger partial charge in [0.05, 0.1) is 6.21 Å². The fourth-order valence-electron chi connectivity index (χ4n) is 1.45. The molecule has 1 amide bonds. The van der Waals surface area contributed by atoms with Gasteiger partial charge in [-0.25, -0.2) is 5.43 Å². The standard InChI is InChI=1S/C15H13ClN2O2/c16-14-9-5-4-6-12(14)10-17-18-15(19)11-20-13-7-2-1-3-8-13/h1-10H,11H2,(H,18,19)/b17-10+. The molecular formula is C15H13ClN2O2. The van der Waals surface area contributed by atoms with Gasteiger partial charge in [-0.3, -0.25) is 4.79 Å². The number of para-hydroxylation sites is 1. The third kappa shape index (κ3) is 4.40. The average Bonchev–Trinajstić information content (AvgIpc) is 2.48. The smallest absolute Gasteiger partial charge is 0.277 e. The highest BCUT2D eigenvalue weighted by Crippen LogP contribution is 2.12. The first kappa shape index (κ1) is 14.1. The van der Waals surface area contributed by atoms with E-state index in [1.807, 2.05) is 30.3 Å². The maximum absolute atomic E-state index is 11.5. The number of carbonyl (C=O) groups is 1. The number of benzene rings is 2. The fourth-order valence-corrected chi connectivity index (χ4v) is 1.64. The van der Waals surface area contributed by atoms with Crippen LogP contribution in [0.5, 0.6) is 5.75 Å². The summed E-state index contributed by atoms with van der Waals surface area (Å²) in [4.78, 5) is 11.5. The minimum atomic E-state index is -0.336. The summed E-state index contributed by atoms with van der Waals surface area (Å²) in [5.41, 5.74) is 3.11. The highest BCUT2D eigenvalue weighted by Gasteiger charge is 2.00. The number of halogens is 1. The van der Waals surface area contributed by atoms with Gasteiger partial charge in [0.25, 0.3) is 5.91 Å². The topological polar surface area (TPSA) is 50.7 Å². The van der Waals surface area contributed by atoms with Crippen LogP contribution in [-0.4, -0.2) is 18.7 Å². The normalized spacial score (nSPS) is 10.4. The van der Waals surface area contributed by atoms with E-state index >= 15 is 0 Å². The molecule has 0 atom stereocenters. The predicted molar refractivity (Wildman–Crippen MR) is 79.1 cm³/mol. The molecule has 1 N–H and O–H groups in total. The number of ether oxygens (including phenoxy) is 1. The number of nitrogens with zero attached hydrogens (tertiary/aromatic N) is 1. The Bertz CT molecular complexity index is 600. The van der Waals surface area contributed by atoms with Crippen LogP contribution in [0.1, 0.15) is 5.56 Å². The molecule has 0 aromatic heterocycles. The summed E-state index contributed by atoms with van der Waals surface area (Å²) < 4.78 is 5.28. The van der Waals surface area contributed by atoms with Gasteiger partial charge < -0.3 is 4.74 Å². The summed E-state index contributed by atoms with van der Waals surface area (Å²) in [6.07, 6.45) is 1.49. The monoisotopic (exact) mass is 288 g/mol. The van der Waals surface area contributed by atoms with Crippen LogP contribution in [0, 0.1) is 0 Å². The molecular weight excluding hydrogens is 276 g/mol. The Kier molecular flexibility index (Phi) is 5.15. The second-order valence-electron chi connectivity index (χ2n) is 3.92. The molecule has 20 heavy (non-hydrogen) atoms. The van der Waals surface area contributed by atoms with Crippen LogP contribution in [0.15, 0.2) is 59.7 Å². The van der Waals surface area contributed by atoms with E-state index in [4.69, 9.17) is 16.3 Å². The van der Waals surface area contributed by atoms with Crippen LogP contribution in [0.25, 0.3) is 0 Å².